The second-order valence-corrected chi connectivity index (χ2v) is 8.99. The zero-order chi connectivity index (χ0) is 12.7. The fraction of sp³-hybridized carbons (Fsp3) is 0.636. The van der Waals surface area contributed by atoms with Crippen molar-refractivity contribution in [1.29, 1.82) is 0 Å². The summed E-state index contributed by atoms with van der Waals surface area (Å²) in [5.74, 6) is 4.62. The van der Waals surface area contributed by atoms with E-state index >= 15 is 0 Å². The Morgan fingerprint density at radius 2 is 1.88 bits per heavy atom. The van der Waals surface area contributed by atoms with E-state index < -0.39 is 0 Å². The van der Waals surface area contributed by atoms with E-state index in [1.807, 2.05) is 23.5 Å². The van der Waals surface area contributed by atoms with Crippen molar-refractivity contribution in [2.24, 2.45) is 0 Å². The lowest BCUT2D eigenvalue weighted by molar-refractivity contribution is 1.14. The molecule has 17 heavy (non-hydrogen) atoms. The molecular weight excluding hydrogens is 325 g/mol. The summed E-state index contributed by atoms with van der Waals surface area (Å²) < 4.78 is 0. The van der Waals surface area contributed by atoms with Crippen LogP contribution in [0.4, 0.5) is 0 Å². The number of thiophene rings is 1. The third-order valence-electron chi connectivity index (χ3n) is 1.94. The van der Waals surface area contributed by atoms with E-state index in [1.54, 1.807) is 11.3 Å². The second-order valence-electron chi connectivity index (χ2n) is 3.72. The molecule has 0 nitrogen and oxygen atoms in total. The summed E-state index contributed by atoms with van der Waals surface area (Å²) in [5.41, 5.74) is 0. The lowest BCUT2D eigenvalue weighted by Crippen LogP contribution is -1.98. The highest BCUT2D eigenvalue weighted by molar-refractivity contribution is 8.03. The van der Waals surface area contributed by atoms with Crippen molar-refractivity contribution < 1.29 is 0 Å². The highest BCUT2D eigenvalue weighted by Crippen LogP contribution is 2.31. The lowest BCUT2D eigenvalue weighted by Gasteiger charge is -2.08. The summed E-state index contributed by atoms with van der Waals surface area (Å²) in [6.07, 6.45) is 0. The average molecular weight is 343 g/mol. The van der Waals surface area contributed by atoms with Crippen molar-refractivity contribution in [3.8, 4) is 0 Å². The number of hydrogen-bond acceptors (Lipinski definition) is 6. The Kier molecular flexibility index (Phi) is 9.10. The number of thioether (sulfide) groups is 2. The molecule has 1 rings (SSSR count). The summed E-state index contributed by atoms with van der Waals surface area (Å²) in [6, 6.07) is 2.11. The summed E-state index contributed by atoms with van der Waals surface area (Å²) in [6.45, 7) is 2.14. The van der Waals surface area contributed by atoms with Crippen molar-refractivity contribution >= 4 is 72.7 Å². The molecule has 0 aliphatic carbocycles. The average Bonchev–Trinajstić information content (AvgIpc) is 2.69. The lowest BCUT2D eigenvalue weighted by atomic mass is 10.4. The normalized spacial score (nSPS) is 14.8. The molecule has 2 unspecified atom stereocenters. The molecule has 0 amide bonds. The molecule has 2 atom stereocenters. The van der Waals surface area contributed by atoms with Gasteiger partial charge in [0.05, 0.1) is 0 Å². The van der Waals surface area contributed by atoms with E-state index in [4.69, 9.17) is 0 Å². The highest BCUT2D eigenvalue weighted by atomic mass is 32.2. The molecule has 1 aromatic rings. The molecule has 0 fully saturated rings. The smallest absolute Gasteiger partial charge is 0.0451 e. The van der Waals surface area contributed by atoms with E-state index in [-0.39, 0.29) is 0 Å². The van der Waals surface area contributed by atoms with Crippen LogP contribution < -0.4 is 0 Å². The maximum absolute atomic E-state index is 4.63. The molecule has 0 radical (unpaired) electrons. The van der Waals surface area contributed by atoms with Crippen molar-refractivity contribution in [3.63, 3.8) is 0 Å². The van der Waals surface area contributed by atoms with Gasteiger partial charge < -0.3 is 0 Å². The molecule has 1 aromatic heterocycles. The predicted octanol–water partition coefficient (Wildman–Crippen LogP) is 4.79. The zero-order valence-corrected chi connectivity index (χ0v) is 14.8. The van der Waals surface area contributed by atoms with Gasteiger partial charge in [-0.15, -0.1) is 24.0 Å². The molecule has 0 spiro atoms. The topological polar surface area (TPSA) is 0 Å². The van der Waals surface area contributed by atoms with Crippen LogP contribution in [0, 0.1) is 0 Å². The molecule has 0 saturated carbocycles. The number of thiol groups is 3. The molecule has 0 aliphatic rings. The van der Waals surface area contributed by atoms with Crippen LogP contribution >= 0.6 is 72.7 Å². The van der Waals surface area contributed by atoms with Gasteiger partial charge in [-0.3, -0.25) is 0 Å². The van der Waals surface area contributed by atoms with Gasteiger partial charge in [0.1, 0.15) is 0 Å². The first kappa shape index (κ1) is 16.5. The molecule has 0 aliphatic heterocycles. The van der Waals surface area contributed by atoms with Crippen molar-refractivity contribution in [2.45, 2.75) is 22.3 Å². The molecular formula is C11H18S6. The Labute approximate surface area is 133 Å². The van der Waals surface area contributed by atoms with Crippen LogP contribution in [0.2, 0.25) is 0 Å². The van der Waals surface area contributed by atoms with Gasteiger partial charge in [-0.1, -0.05) is 6.92 Å². The molecule has 6 heteroatoms. The van der Waals surface area contributed by atoms with Crippen molar-refractivity contribution in [1.82, 2.24) is 0 Å². The third-order valence-corrected chi connectivity index (χ3v) is 7.28. The molecule has 0 N–H and O–H groups in total. The Morgan fingerprint density at radius 3 is 2.41 bits per heavy atom. The van der Waals surface area contributed by atoms with Crippen LogP contribution in [0.1, 0.15) is 17.1 Å². The molecule has 0 bridgehead atoms. The third kappa shape index (κ3) is 7.57. The Balaban J connectivity index is 2.06. The minimum absolute atomic E-state index is 0.347. The minimum atomic E-state index is 0.347. The summed E-state index contributed by atoms with van der Waals surface area (Å²) in [4.78, 5) is 2.37. The standard InChI is InChI=1S/C11H18S6/c1-8(12)5-15-2-3-16-7-10(14)11-4-9(13)6-17-11/h4,6,8,10,12-14H,2-3,5,7H2,1H3. The van der Waals surface area contributed by atoms with Crippen LogP contribution in [0.25, 0.3) is 0 Å². The van der Waals surface area contributed by atoms with Gasteiger partial charge in [0.2, 0.25) is 0 Å². The summed E-state index contributed by atoms with van der Waals surface area (Å²) >= 11 is 19.0. The molecule has 0 aromatic carbocycles. The monoisotopic (exact) mass is 342 g/mol. The fourth-order valence-corrected chi connectivity index (χ4v) is 5.33. The first-order chi connectivity index (χ1) is 8.09. The predicted molar refractivity (Wildman–Crippen MR) is 96.4 cm³/mol. The SMILES string of the molecule is CC(S)CSCCSCC(S)c1cc(S)cs1. The summed E-state index contributed by atoms with van der Waals surface area (Å²) in [7, 11) is 0. The van der Waals surface area contributed by atoms with E-state index in [0.717, 1.165) is 16.4 Å². The van der Waals surface area contributed by atoms with Gasteiger partial charge in [-0.2, -0.15) is 48.8 Å². The Bertz CT molecular complexity index is 309. The van der Waals surface area contributed by atoms with E-state index in [1.165, 1.54) is 16.4 Å². The molecule has 98 valence electrons. The summed E-state index contributed by atoms with van der Waals surface area (Å²) in [5, 5.41) is 2.92. The van der Waals surface area contributed by atoms with Crippen LogP contribution in [0.5, 0.6) is 0 Å². The van der Waals surface area contributed by atoms with Gasteiger partial charge in [-0.05, 0) is 6.07 Å². The first-order valence-electron chi connectivity index (χ1n) is 5.38. The molecule has 1 heterocycles. The fourth-order valence-electron chi connectivity index (χ4n) is 1.17. The first-order valence-corrected chi connectivity index (χ1v) is 10.1. The quantitative estimate of drug-likeness (QED) is 0.459. The maximum Gasteiger partial charge on any atom is 0.0451 e. The van der Waals surface area contributed by atoms with Crippen LogP contribution in [0.3, 0.4) is 0 Å². The number of rotatable bonds is 8. The van der Waals surface area contributed by atoms with Crippen LogP contribution in [-0.4, -0.2) is 28.3 Å². The highest BCUT2D eigenvalue weighted by Gasteiger charge is 2.08. The van der Waals surface area contributed by atoms with Crippen molar-refractivity contribution in [3.05, 3.63) is 16.3 Å². The zero-order valence-electron chi connectivity index (χ0n) is 9.70. The number of hydrogen-bond donors (Lipinski definition) is 3. The van der Waals surface area contributed by atoms with E-state index in [0.29, 0.717) is 10.5 Å². The van der Waals surface area contributed by atoms with Gasteiger partial charge in [-0.25, -0.2) is 0 Å². The Hall–Kier alpha value is 1.45. The largest absolute Gasteiger partial charge is 0.175 e. The minimum Gasteiger partial charge on any atom is -0.175 e. The van der Waals surface area contributed by atoms with E-state index in [9.17, 15) is 0 Å². The maximum atomic E-state index is 4.63. The molecule has 0 saturated heterocycles. The second kappa shape index (κ2) is 9.37. The Morgan fingerprint density at radius 1 is 1.24 bits per heavy atom. The van der Waals surface area contributed by atoms with Gasteiger partial charge >= 0.3 is 0 Å². The van der Waals surface area contributed by atoms with Crippen LogP contribution in [0.15, 0.2) is 16.3 Å². The van der Waals surface area contributed by atoms with Gasteiger partial charge in [0.15, 0.2) is 0 Å². The van der Waals surface area contributed by atoms with E-state index in [2.05, 4.69) is 56.3 Å². The van der Waals surface area contributed by atoms with Crippen molar-refractivity contribution in [2.75, 3.05) is 23.0 Å². The van der Waals surface area contributed by atoms with Crippen LogP contribution in [-0.2, 0) is 0 Å². The van der Waals surface area contributed by atoms with Gasteiger partial charge in [0.25, 0.3) is 0 Å². The van der Waals surface area contributed by atoms with Gasteiger partial charge in [0, 0.05) is 48.7 Å².